The summed E-state index contributed by atoms with van der Waals surface area (Å²) in [6.45, 7) is 3.86. The van der Waals surface area contributed by atoms with E-state index in [-0.39, 0.29) is 17.5 Å². The van der Waals surface area contributed by atoms with Gasteiger partial charge >= 0.3 is 0 Å². The topological polar surface area (TPSA) is 75.6 Å². The van der Waals surface area contributed by atoms with Crippen LogP contribution in [0.5, 0.6) is 0 Å². The maximum Gasteiger partial charge on any atom is 0.241 e. The maximum absolute atomic E-state index is 12.4. The molecule has 20 heavy (non-hydrogen) atoms. The standard InChI is InChI=1S/C14H23NO4S/c1-4-6-13(10-19-3)15-20(17,18)14-8-5-7-12(9-16)11(14)2/h5,7-8,13,15-16H,4,6,9-10H2,1-3H3. The summed E-state index contributed by atoms with van der Waals surface area (Å²) in [5.74, 6) is 0. The summed E-state index contributed by atoms with van der Waals surface area (Å²) in [6.07, 6.45) is 1.58. The van der Waals surface area contributed by atoms with Gasteiger partial charge in [-0.3, -0.25) is 0 Å². The first kappa shape index (κ1) is 17.1. The van der Waals surface area contributed by atoms with E-state index < -0.39 is 10.0 Å². The van der Waals surface area contributed by atoms with E-state index in [1.165, 1.54) is 0 Å². The molecular weight excluding hydrogens is 278 g/mol. The van der Waals surface area contributed by atoms with E-state index in [9.17, 15) is 13.5 Å². The molecule has 1 unspecified atom stereocenters. The number of methoxy groups -OCH3 is 1. The molecule has 0 spiro atoms. The Hall–Kier alpha value is -0.950. The first-order valence-corrected chi connectivity index (χ1v) is 8.15. The molecule has 1 rings (SSSR count). The van der Waals surface area contributed by atoms with Crippen LogP contribution >= 0.6 is 0 Å². The van der Waals surface area contributed by atoms with E-state index in [2.05, 4.69) is 4.72 Å². The van der Waals surface area contributed by atoms with Crippen molar-refractivity contribution in [2.24, 2.45) is 0 Å². The van der Waals surface area contributed by atoms with Crippen LogP contribution < -0.4 is 4.72 Å². The van der Waals surface area contributed by atoms with E-state index in [0.717, 1.165) is 6.42 Å². The van der Waals surface area contributed by atoms with Gasteiger partial charge in [-0.15, -0.1) is 0 Å². The minimum atomic E-state index is -3.61. The van der Waals surface area contributed by atoms with Crippen molar-refractivity contribution in [1.29, 1.82) is 0 Å². The molecule has 114 valence electrons. The summed E-state index contributed by atoms with van der Waals surface area (Å²) in [4.78, 5) is 0.209. The van der Waals surface area contributed by atoms with E-state index in [0.29, 0.717) is 24.2 Å². The lowest BCUT2D eigenvalue weighted by Crippen LogP contribution is -2.38. The average molecular weight is 301 g/mol. The number of aliphatic hydroxyl groups is 1. The number of hydrogen-bond donors (Lipinski definition) is 2. The summed E-state index contributed by atoms with van der Waals surface area (Å²) >= 11 is 0. The van der Waals surface area contributed by atoms with Crippen molar-refractivity contribution in [2.45, 2.75) is 44.2 Å². The van der Waals surface area contributed by atoms with Crippen molar-refractivity contribution in [3.63, 3.8) is 0 Å². The van der Waals surface area contributed by atoms with Gasteiger partial charge in [0, 0.05) is 13.2 Å². The van der Waals surface area contributed by atoms with Gasteiger partial charge in [0.05, 0.1) is 18.1 Å². The zero-order chi connectivity index (χ0) is 15.2. The van der Waals surface area contributed by atoms with E-state index in [4.69, 9.17) is 4.74 Å². The second-order valence-electron chi connectivity index (χ2n) is 4.76. The molecule has 1 atom stereocenters. The molecule has 5 nitrogen and oxygen atoms in total. The minimum absolute atomic E-state index is 0.175. The van der Waals surface area contributed by atoms with Gasteiger partial charge in [-0.25, -0.2) is 13.1 Å². The van der Waals surface area contributed by atoms with Gasteiger partial charge in [-0.1, -0.05) is 25.5 Å². The second-order valence-corrected chi connectivity index (χ2v) is 6.44. The maximum atomic E-state index is 12.4. The van der Waals surface area contributed by atoms with Crippen molar-refractivity contribution in [2.75, 3.05) is 13.7 Å². The smallest absolute Gasteiger partial charge is 0.241 e. The largest absolute Gasteiger partial charge is 0.392 e. The Kier molecular flexibility index (Phi) is 6.61. The van der Waals surface area contributed by atoms with Crippen molar-refractivity contribution >= 4 is 10.0 Å². The molecule has 0 heterocycles. The molecule has 1 aromatic carbocycles. The molecule has 2 N–H and O–H groups in total. The number of aliphatic hydroxyl groups excluding tert-OH is 1. The Labute approximate surface area is 121 Å². The summed E-state index contributed by atoms with van der Waals surface area (Å²) in [7, 11) is -2.06. The fourth-order valence-electron chi connectivity index (χ4n) is 2.13. The molecule has 0 aliphatic rings. The third kappa shape index (κ3) is 4.28. The Morgan fingerprint density at radius 1 is 1.40 bits per heavy atom. The monoisotopic (exact) mass is 301 g/mol. The quantitative estimate of drug-likeness (QED) is 0.764. The van der Waals surface area contributed by atoms with E-state index >= 15 is 0 Å². The summed E-state index contributed by atoms with van der Waals surface area (Å²) in [5.41, 5.74) is 1.20. The van der Waals surface area contributed by atoms with Gasteiger partial charge in [0.1, 0.15) is 0 Å². The van der Waals surface area contributed by atoms with Crippen LogP contribution in [-0.2, 0) is 21.4 Å². The van der Waals surface area contributed by atoms with Crippen LogP contribution in [0.25, 0.3) is 0 Å². The third-order valence-corrected chi connectivity index (χ3v) is 4.85. The minimum Gasteiger partial charge on any atom is -0.392 e. The molecule has 0 fully saturated rings. The Morgan fingerprint density at radius 2 is 2.10 bits per heavy atom. The fraction of sp³-hybridized carbons (Fsp3) is 0.571. The predicted octanol–water partition coefficient (Wildman–Crippen LogP) is 1.58. The van der Waals surface area contributed by atoms with Gasteiger partial charge in [0.25, 0.3) is 0 Å². The van der Waals surface area contributed by atoms with Crippen LogP contribution in [0.3, 0.4) is 0 Å². The highest BCUT2D eigenvalue weighted by Crippen LogP contribution is 2.19. The van der Waals surface area contributed by atoms with Crippen LogP contribution in [0.2, 0.25) is 0 Å². The number of ether oxygens (including phenoxy) is 1. The lowest BCUT2D eigenvalue weighted by atomic mass is 10.1. The summed E-state index contributed by atoms with van der Waals surface area (Å²) < 4.78 is 32.6. The highest BCUT2D eigenvalue weighted by molar-refractivity contribution is 7.89. The number of nitrogens with one attached hydrogen (secondary N) is 1. The Bertz CT molecular complexity index is 522. The highest BCUT2D eigenvalue weighted by atomic mass is 32.2. The number of rotatable bonds is 8. The first-order chi connectivity index (χ1) is 9.46. The molecule has 1 aromatic rings. The lowest BCUT2D eigenvalue weighted by Gasteiger charge is -2.18. The molecule has 0 aliphatic heterocycles. The van der Waals surface area contributed by atoms with Gasteiger partial charge in [-0.2, -0.15) is 0 Å². The van der Waals surface area contributed by atoms with Gasteiger partial charge in [0.2, 0.25) is 10.0 Å². The summed E-state index contributed by atoms with van der Waals surface area (Å²) in [6, 6.07) is 4.66. The van der Waals surface area contributed by atoms with Crippen LogP contribution in [0.4, 0.5) is 0 Å². The molecule has 0 aliphatic carbocycles. The van der Waals surface area contributed by atoms with Crippen molar-refractivity contribution in [3.05, 3.63) is 29.3 Å². The van der Waals surface area contributed by atoms with Crippen molar-refractivity contribution < 1.29 is 18.3 Å². The van der Waals surface area contributed by atoms with Gasteiger partial charge < -0.3 is 9.84 Å². The zero-order valence-electron chi connectivity index (χ0n) is 12.2. The lowest BCUT2D eigenvalue weighted by molar-refractivity contribution is 0.171. The SMILES string of the molecule is CCCC(COC)NS(=O)(=O)c1cccc(CO)c1C. The average Bonchev–Trinajstić information content (AvgIpc) is 2.39. The second kappa shape index (κ2) is 7.73. The first-order valence-electron chi connectivity index (χ1n) is 6.66. The van der Waals surface area contributed by atoms with Crippen molar-refractivity contribution in [1.82, 2.24) is 4.72 Å². The van der Waals surface area contributed by atoms with Crippen LogP contribution in [0, 0.1) is 6.92 Å². The highest BCUT2D eigenvalue weighted by Gasteiger charge is 2.22. The number of sulfonamides is 1. The molecule has 0 saturated carbocycles. The third-order valence-electron chi connectivity index (χ3n) is 3.18. The molecule has 0 aromatic heterocycles. The zero-order valence-corrected chi connectivity index (χ0v) is 13.0. The predicted molar refractivity (Wildman–Crippen MR) is 78.0 cm³/mol. The van der Waals surface area contributed by atoms with Gasteiger partial charge in [0.15, 0.2) is 0 Å². The van der Waals surface area contributed by atoms with Crippen LogP contribution in [0.1, 0.15) is 30.9 Å². The Balaban J connectivity index is 3.04. The van der Waals surface area contributed by atoms with Crippen LogP contribution in [-0.4, -0.2) is 33.3 Å². The normalized spacial score (nSPS) is 13.4. The molecule has 0 amide bonds. The van der Waals surface area contributed by atoms with E-state index in [1.54, 1.807) is 32.2 Å². The number of benzene rings is 1. The molecule has 0 radical (unpaired) electrons. The number of hydrogen-bond acceptors (Lipinski definition) is 4. The molecular formula is C14H23NO4S. The van der Waals surface area contributed by atoms with Crippen molar-refractivity contribution in [3.8, 4) is 0 Å². The molecule has 0 saturated heterocycles. The molecule has 0 bridgehead atoms. The fourth-order valence-corrected chi connectivity index (χ4v) is 3.67. The van der Waals surface area contributed by atoms with E-state index in [1.807, 2.05) is 6.92 Å². The Morgan fingerprint density at radius 3 is 2.65 bits per heavy atom. The summed E-state index contributed by atoms with van der Waals surface area (Å²) in [5, 5.41) is 9.22. The van der Waals surface area contributed by atoms with Crippen LogP contribution in [0.15, 0.2) is 23.1 Å². The molecule has 6 heteroatoms. The van der Waals surface area contributed by atoms with Gasteiger partial charge in [-0.05, 0) is 30.5 Å².